The number of unbranched alkanes of at least 4 members (excludes halogenated alkanes) is 21. The fraction of sp³-hybridized carbons (Fsp3) is 0.912. The highest BCUT2D eigenvalue weighted by Crippen LogP contribution is 2.14. The summed E-state index contributed by atoms with van der Waals surface area (Å²) < 4.78 is 0. The van der Waals surface area contributed by atoms with E-state index >= 15 is 0 Å². The Morgan fingerprint density at radius 2 is 1.00 bits per heavy atom. The Kier molecular flexibility index (Phi) is 30.0. The van der Waals surface area contributed by atoms with E-state index in [1.807, 2.05) is 0 Å². The smallest absolute Gasteiger partial charge is 0.220 e. The standard InChI is InChI=1S/C34H67NO3/c1-3-5-7-9-11-13-14-15-16-17-18-19-20-22-24-26-28-30-34(38)35-32(31-36)33(37)29-27-25-23-21-12-10-8-6-4-2/h15-16,32-33,36-37H,3-14,17-31H2,1-2H3,(H,35,38)/b16-15-. The molecule has 0 bridgehead atoms. The first kappa shape index (κ1) is 37.1. The third-order valence-corrected chi connectivity index (χ3v) is 7.78. The van der Waals surface area contributed by atoms with Crippen LogP contribution in [0.3, 0.4) is 0 Å². The predicted molar refractivity (Wildman–Crippen MR) is 166 cm³/mol. The van der Waals surface area contributed by atoms with Gasteiger partial charge in [0.25, 0.3) is 0 Å². The number of aliphatic hydroxyl groups excluding tert-OH is 2. The molecule has 0 aromatic heterocycles. The van der Waals surface area contributed by atoms with E-state index < -0.39 is 12.1 Å². The van der Waals surface area contributed by atoms with Gasteiger partial charge in [0.2, 0.25) is 5.91 Å². The average molecular weight is 538 g/mol. The lowest BCUT2D eigenvalue weighted by atomic mass is 10.0. The molecule has 226 valence electrons. The maximum absolute atomic E-state index is 12.3. The van der Waals surface area contributed by atoms with Crippen LogP contribution in [0.1, 0.15) is 181 Å². The molecule has 0 aromatic rings. The first-order valence-electron chi connectivity index (χ1n) is 16.9. The van der Waals surface area contributed by atoms with Crippen LogP contribution in [0.4, 0.5) is 0 Å². The summed E-state index contributed by atoms with van der Waals surface area (Å²) in [6.07, 6.45) is 35.4. The average Bonchev–Trinajstić information content (AvgIpc) is 2.92. The SMILES string of the molecule is CCCCCCCC/C=C\CCCCCCCCCC(=O)NC(CO)C(O)CCCCCCCCCCC. The zero-order chi connectivity index (χ0) is 27.9. The molecule has 0 aromatic carbocycles. The molecule has 0 aliphatic rings. The monoisotopic (exact) mass is 538 g/mol. The minimum absolute atomic E-state index is 0.0390. The molecule has 2 atom stereocenters. The molecule has 3 N–H and O–H groups in total. The van der Waals surface area contributed by atoms with Gasteiger partial charge < -0.3 is 15.5 Å². The topological polar surface area (TPSA) is 69.6 Å². The normalized spacial score (nSPS) is 13.3. The van der Waals surface area contributed by atoms with E-state index in [-0.39, 0.29) is 12.5 Å². The minimum Gasteiger partial charge on any atom is -0.394 e. The van der Waals surface area contributed by atoms with Gasteiger partial charge in [0.1, 0.15) is 0 Å². The fourth-order valence-corrected chi connectivity index (χ4v) is 5.12. The van der Waals surface area contributed by atoms with Gasteiger partial charge in [-0.3, -0.25) is 4.79 Å². The Bertz CT molecular complexity index is 508. The number of aliphatic hydroxyl groups is 2. The second kappa shape index (κ2) is 30.7. The van der Waals surface area contributed by atoms with Crippen molar-refractivity contribution < 1.29 is 15.0 Å². The van der Waals surface area contributed by atoms with Crippen molar-refractivity contribution in [1.82, 2.24) is 5.32 Å². The molecule has 0 heterocycles. The molecule has 2 unspecified atom stereocenters. The number of amides is 1. The van der Waals surface area contributed by atoms with E-state index in [1.165, 1.54) is 128 Å². The Hall–Kier alpha value is -0.870. The molecule has 0 aliphatic heterocycles. The van der Waals surface area contributed by atoms with E-state index in [0.717, 1.165) is 25.7 Å². The molecule has 1 amide bonds. The maximum Gasteiger partial charge on any atom is 0.220 e. The second-order valence-corrected chi connectivity index (χ2v) is 11.6. The summed E-state index contributed by atoms with van der Waals surface area (Å²) in [5.74, 6) is -0.0390. The molecular weight excluding hydrogens is 470 g/mol. The van der Waals surface area contributed by atoms with E-state index in [9.17, 15) is 15.0 Å². The molecule has 0 rings (SSSR count). The second-order valence-electron chi connectivity index (χ2n) is 11.6. The van der Waals surface area contributed by atoms with Crippen LogP contribution in [0.15, 0.2) is 12.2 Å². The molecule has 0 spiro atoms. The first-order chi connectivity index (χ1) is 18.7. The van der Waals surface area contributed by atoms with Crippen molar-refractivity contribution >= 4 is 5.91 Å². The lowest BCUT2D eigenvalue weighted by Crippen LogP contribution is -2.45. The Balaban J connectivity index is 3.56. The van der Waals surface area contributed by atoms with E-state index in [1.54, 1.807) is 0 Å². The zero-order valence-electron chi connectivity index (χ0n) is 25.7. The number of hydrogen-bond acceptors (Lipinski definition) is 3. The Morgan fingerprint density at radius 1 is 0.605 bits per heavy atom. The largest absolute Gasteiger partial charge is 0.394 e. The van der Waals surface area contributed by atoms with Crippen LogP contribution in [0.25, 0.3) is 0 Å². The first-order valence-corrected chi connectivity index (χ1v) is 16.9. The lowest BCUT2D eigenvalue weighted by molar-refractivity contribution is -0.123. The van der Waals surface area contributed by atoms with Crippen molar-refractivity contribution in [3.63, 3.8) is 0 Å². The van der Waals surface area contributed by atoms with Crippen LogP contribution in [-0.2, 0) is 4.79 Å². The Morgan fingerprint density at radius 3 is 1.45 bits per heavy atom. The summed E-state index contributed by atoms with van der Waals surface area (Å²) in [4.78, 5) is 12.3. The highest BCUT2D eigenvalue weighted by molar-refractivity contribution is 5.76. The molecule has 0 radical (unpaired) electrons. The maximum atomic E-state index is 12.3. The van der Waals surface area contributed by atoms with Gasteiger partial charge in [-0.05, 0) is 38.5 Å². The molecule has 38 heavy (non-hydrogen) atoms. The van der Waals surface area contributed by atoms with E-state index in [2.05, 4.69) is 31.3 Å². The van der Waals surface area contributed by atoms with Gasteiger partial charge in [-0.15, -0.1) is 0 Å². The molecule has 0 saturated carbocycles. The lowest BCUT2D eigenvalue weighted by Gasteiger charge is -2.22. The number of hydrogen-bond donors (Lipinski definition) is 3. The number of rotatable bonds is 30. The summed E-state index contributed by atoms with van der Waals surface area (Å²) in [6, 6.07) is -0.531. The summed E-state index contributed by atoms with van der Waals surface area (Å²) in [5.41, 5.74) is 0. The zero-order valence-corrected chi connectivity index (χ0v) is 25.7. The van der Waals surface area contributed by atoms with Gasteiger partial charge in [0.15, 0.2) is 0 Å². The molecule has 4 nitrogen and oxygen atoms in total. The number of nitrogens with one attached hydrogen (secondary N) is 1. The van der Waals surface area contributed by atoms with Crippen LogP contribution in [0.5, 0.6) is 0 Å². The number of carbonyl (C=O) groups excluding carboxylic acids is 1. The molecule has 0 aliphatic carbocycles. The summed E-state index contributed by atoms with van der Waals surface area (Å²) in [6.45, 7) is 4.32. The predicted octanol–water partition coefficient (Wildman–Crippen LogP) is 9.56. The van der Waals surface area contributed by atoms with Gasteiger partial charge in [-0.1, -0.05) is 148 Å². The van der Waals surface area contributed by atoms with E-state index in [4.69, 9.17) is 0 Å². The summed E-state index contributed by atoms with van der Waals surface area (Å²) >= 11 is 0. The highest BCUT2D eigenvalue weighted by Gasteiger charge is 2.19. The van der Waals surface area contributed by atoms with Gasteiger partial charge in [-0.25, -0.2) is 0 Å². The van der Waals surface area contributed by atoms with Gasteiger partial charge in [-0.2, -0.15) is 0 Å². The van der Waals surface area contributed by atoms with Gasteiger partial charge >= 0.3 is 0 Å². The minimum atomic E-state index is -0.654. The van der Waals surface area contributed by atoms with Crippen molar-refractivity contribution in [2.75, 3.05) is 6.61 Å². The van der Waals surface area contributed by atoms with Crippen LogP contribution in [0.2, 0.25) is 0 Å². The van der Waals surface area contributed by atoms with Crippen LogP contribution in [-0.4, -0.2) is 34.9 Å². The van der Waals surface area contributed by atoms with Crippen molar-refractivity contribution in [3.05, 3.63) is 12.2 Å². The highest BCUT2D eigenvalue weighted by atomic mass is 16.3. The van der Waals surface area contributed by atoms with Crippen LogP contribution in [0, 0.1) is 0 Å². The van der Waals surface area contributed by atoms with Crippen molar-refractivity contribution in [3.8, 4) is 0 Å². The summed E-state index contributed by atoms with van der Waals surface area (Å²) in [7, 11) is 0. The van der Waals surface area contributed by atoms with Crippen molar-refractivity contribution in [2.45, 2.75) is 193 Å². The third kappa shape index (κ3) is 26.7. The fourth-order valence-electron chi connectivity index (χ4n) is 5.12. The summed E-state index contributed by atoms with van der Waals surface area (Å²) in [5, 5.41) is 22.9. The number of allylic oxidation sites excluding steroid dienone is 2. The van der Waals surface area contributed by atoms with Crippen LogP contribution >= 0.6 is 0 Å². The Labute approximate surface area is 237 Å². The van der Waals surface area contributed by atoms with Gasteiger partial charge in [0, 0.05) is 6.42 Å². The molecule has 0 saturated heterocycles. The van der Waals surface area contributed by atoms with Crippen molar-refractivity contribution in [2.24, 2.45) is 0 Å². The van der Waals surface area contributed by atoms with Crippen molar-refractivity contribution in [1.29, 1.82) is 0 Å². The van der Waals surface area contributed by atoms with Crippen LogP contribution < -0.4 is 5.32 Å². The van der Waals surface area contributed by atoms with Gasteiger partial charge in [0.05, 0.1) is 18.8 Å². The number of carbonyl (C=O) groups is 1. The molecular formula is C34H67NO3. The van der Waals surface area contributed by atoms with E-state index in [0.29, 0.717) is 12.8 Å². The quantitative estimate of drug-likeness (QED) is 0.0631. The molecule has 4 heteroatoms. The molecule has 0 fully saturated rings. The third-order valence-electron chi connectivity index (χ3n) is 7.78.